The standard InChI is InChI=1S/C13H19N3O3/c1-9(2)14-8-7-13(17)15-11-5-4-6-12(10(11)3)16(18)19/h4-6,9,14H,7-8H2,1-3H3,(H,15,17). The van der Waals surface area contributed by atoms with Crippen molar-refractivity contribution in [2.75, 3.05) is 11.9 Å². The third-order valence-corrected chi connectivity index (χ3v) is 2.68. The number of amides is 1. The lowest BCUT2D eigenvalue weighted by Gasteiger charge is -2.10. The summed E-state index contributed by atoms with van der Waals surface area (Å²) in [6.45, 7) is 6.21. The summed E-state index contributed by atoms with van der Waals surface area (Å²) >= 11 is 0. The second-order valence-corrected chi connectivity index (χ2v) is 4.61. The largest absolute Gasteiger partial charge is 0.326 e. The summed E-state index contributed by atoms with van der Waals surface area (Å²) in [5.74, 6) is -0.156. The Kier molecular flexibility index (Phi) is 5.44. The minimum absolute atomic E-state index is 0.0121. The molecule has 0 unspecified atom stereocenters. The number of nitro benzene ring substituents is 1. The first kappa shape index (κ1) is 15.1. The molecular formula is C13H19N3O3. The molecule has 1 rings (SSSR count). The van der Waals surface area contributed by atoms with Gasteiger partial charge in [0.2, 0.25) is 5.91 Å². The number of nitrogens with one attached hydrogen (secondary N) is 2. The van der Waals surface area contributed by atoms with Crippen LogP contribution in [0.2, 0.25) is 0 Å². The van der Waals surface area contributed by atoms with Crippen LogP contribution in [0.3, 0.4) is 0 Å². The first-order valence-corrected chi connectivity index (χ1v) is 6.19. The van der Waals surface area contributed by atoms with E-state index in [0.29, 0.717) is 30.3 Å². The fourth-order valence-electron chi connectivity index (χ4n) is 1.64. The van der Waals surface area contributed by atoms with E-state index >= 15 is 0 Å². The van der Waals surface area contributed by atoms with Crippen molar-refractivity contribution in [2.24, 2.45) is 0 Å². The molecule has 0 heterocycles. The Morgan fingerprint density at radius 2 is 2.11 bits per heavy atom. The van der Waals surface area contributed by atoms with Gasteiger partial charge in [-0.1, -0.05) is 19.9 Å². The van der Waals surface area contributed by atoms with E-state index in [2.05, 4.69) is 10.6 Å². The highest BCUT2D eigenvalue weighted by atomic mass is 16.6. The lowest BCUT2D eigenvalue weighted by atomic mass is 10.1. The van der Waals surface area contributed by atoms with Crippen LogP contribution in [-0.2, 0) is 4.79 Å². The van der Waals surface area contributed by atoms with Crippen LogP contribution < -0.4 is 10.6 Å². The van der Waals surface area contributed by atoms with Crippen molar-refractivity contribution >= 4 is 17.3 Å². The summed E-state index contributed by atoms with van der Waals surface area (Å²) in [6.07, 6.45) is 0.334. The van der Waals surface area contributed by atoms with Crippen molar-refractivity contribution in [1.82, 2.24) is 5.32 Å². The maximum absolute atomic E-state index is 11.7. The predicted molar refractivity (Wildman–Crippen MR) is 74.2 cm³/mol. The highest BCUT2D eigenvalue weighted by molar-refractivity contribution is 5.92. The zero-order chi connectivity index (χ0) is 14.4. The van der Waals surface area contributed by atoms with E-state index in [0.717, 1.165) is 0 Å². The van der Waals surface area contributed by atoms with Gasteiger partial charge >= 0.3 is 0 Å². The number of nitrogens with zero attached hydrogens (tertiary/aromatic N) is 1. The highest BCUT2D eigenvalue weighted by Gasteiger charge is 2.14. The number of carbonyl (C=O) groups excluding carboxylic acids is 1. The van der Waals surface area contributed by atoms with E-state index in [1.807, 2.05) is 13.8 Å². The molecule has 1 aromatic rings. The Hall–Kier alpha value is -1.95. The van der Waals surface area contributed by atoms with E-state index in [-0.39, 0.29) is 11.6 Å². The molecular weight excluding hydrogens is 246 g/mol. The van der Waals surface area contributed by atoms with Gasteiger partial charge in [0, 0.05) is 25.1 Å². The minimum Gasteiger partial charge on any atom is -0.326 e. The van der Waals surface area contributed by atoms with Gasteiger partial charge in [0.1, 0.15) is 0 Å². The first-order valence-electron chi connectivity index (χ1n) is 6.19. The molecule has 0 radical (unpaired) electrons. The fraction of sp³-hybridized carbons (Fsp3) is 0.462. The van der Waals surface area contributed by atoms with Gasteiger partial charge in [0.25, 0.3) is 5.69 Å². The van der Waals surface area contributed by atoms with Crippen molar-refractivity contribution in [3.8, 4) is 0 Å². The van der Waals surface area contributed by atoms with Gasteiger partial charge in [-0.2, -0.15) is 0 Å². The van der Waals surface area contributed by atoms with E-state index in [9.17, 15) is 14.9 Å². The molecule has 0 bridgehead atoms. The van der Waals surface area contributed by atoms with Crippen molar-refractivity contribution in [2.45, 2.75) is 33.2 Å². The smallest absolute Gasteiger partial charge is 0.274 e. The Balaban J connectivity index is 2.64. The molecule has 0 aromatic heterocycles. The quantitative estimate of drug-likeness (QED) is 0.610. The highest BCUT2D eigenvalue weighted by Crippen LogP contribution is 2.24. The van der Waals surface area contributed by atoms with E-state index < -0.39 is 4.92 Å². The molecule has 0 aliphatic rings. The maximum atomic E-state index is 11.7. The van der Waals surface area contributed by atoms with Crippen molar-refractivity contribution < 1.29 is 9.72 Å². The molecule has 6 nitrogen and oxygen atoms in total. The lowest BCUT2D eigenvalue weighted by Crippen LogP contribution is -2.27. The predicted octanol–water partition coefficient (Wildman–Crippen LogP) is 2.23. The number of benzene rings is 1. The summed E-state index contributed by atoms with van der Waals surface area (Å²) in [7, 11) is 0. The molecule has 0 fully saturated rings. The van der Waals surface area contributed by atoms with Gasteiger partial charge in [-0.3, -0.25) is 14.9 Å². The summed E-state index contributed by atoms with van der Waals surface area (Å²) in [5.41, 5.74) is 0.972. The van der Waals surface area contributed by atoms with Crippen molar-refractivity contribution in [3.63, 3.8) is 0 Å². The first-order chi connectivity index (χ1) is 8.91. The molecule has 6 heteroatoms. The monoisotopic (exact) mass is 265 g/mol. The topological polar surface area (TPSA) is 84.3 Å². The number of hydrogen-bond acceptors (Lipinski definition) is 4. The molecule has 0 atom stereocenters. The number of carbonyl (C=O) groups is 1. The Labute approximate surface area is 112 Å². The van der Waals surface area contributed by atoms with Crippen LogP contribution in [0, 0.1) is 17.0 Å². The average molecular weight is 265 g/mol. The van der Waals surface area contributed by atoms with Gasteiger partial charge in [0.15, 0.2) is 0 Å². The van der Waals surface area contributed by atoms with Crippen LogP contribution in [0.25, 0.3) is 0 Å². The fourth-order valence-corrected chi connectivity index (χ4v) is 1.64. The molecule has 1 amide bonds. The lowest BCUT2D eigenvalue weighted by molar-refractivity contribution is -0.385. The summed E-state index contributed by atoms with van der Waals surface area (Å²) in [6, 6.07) is 4.97. The number of anilines is 1. The maximum Gasteiger partial charge on any atom is 0.274 e. The van der Waals surface area contributed by atoms with Crippen LogP contribution >= 0.6 is 0 Å². The zero-order valence-corrected chi connectivity index (χ0v) is 11.4. The van der Waals surface area contributed by atoms with Crippen molar-refractivity contribution in [3.05, 3.63) is 33.9 Å². The number of nitro groups is 1. The van der Waals surface area contributed by atoms with Crippen LogP contribution in [0.15, 0.2) is 18.2 Å². The van der Waals surface area contributed by atoms with Gasteiger partial charge in [-0.25, -0.2) is 0 Å². The number of rotatable bonds is 6. The van der Waals surface area contributed by atoms with Gasteiger partial charge in [0.05, 0.1) is 16.2 Å². The number of hydrogen-bond donors (Lipinski definition) is 2. The van der Waals surface area contributed by atoms with Crippen LogP contribution in [-0.4, -0.2) is 23.4 Å². The normalized spacial score (nSPS) is 10.5. The third-order valence-electron chi connectivity index (χ3n) is 2.68. The summed E-state index contributed by atoms with van der Waals surface area (Å²) in [5, 5.41) is 16.6. The molecule has 104 valence electrons. The molecule has 0 saturated carbocycles. The SMILES string of the molecule is Cc1c(NC(=O)CCNC(C)C)cccc1[N+](=O)[O-]. The van der Waals surface area contributed by atoms with E-state index in [4.69, 9.17) is 0 Å². The van der Waals surface area contributed by atoms with Gasteiger partial charge in [-0.05, 0) is 13.0 Å². The Morgan fingerprint density at radius 3 is 2.68 bits per heavy atom. The second-order valence-electron chi connectivity index (χ2n) is 4.61. The molecule has 2 N–H and O–H groups in total. The second kappa shape index (κ2) is 6.84. The molecule has 0 aliphatic carbocycles. The third kappa shape index (κ3) is 4.67. The molecule has 1 aromatic carbocycles. The molecule has 19 heavy (non-hydrogen) atoms. The van der Waals surface area contributed by atoms with Crippen molar-refractivity contribution in [1.29, 1.82) is 0 Å². The minimum atomic E-state index is -0.453. The van der Waals surface area contributed by atoms with E-state index in [1.165, 1.54) is 6.07 Å². The summed E-state index contributed by atoms with van der Waals surface area (Å²) in [4.78, 5) is 22.0. The zero-order valence-electron chi connectivity index (χ0n) is 11.4. The van der Waals surface area contributed by atoms with Gasteiger partial charge < -0.3 is 10.6 Å². The van der Waals surface area contributed by atoms with Crippen LogP contribution in [0.4, 0.5) is 11.4 Å². The van der Waals surface area contributed by atoms with Crippen LogP contribution in [0.5, 0.6) is 0 Å². The average Bonchev–Trinajstić information content (AvgIpc) is 2.31. The molecule has 0 saturated heterocycles. The summed E-state index contributed by atoms with van der Waals surface area (Å²) < 4.78 is 0. The Morgan fingerprint density at radius 1 is 1.42 bits per heavy atom. The van der Waals surface area contributed by atoms with E-state index in [1.54, 1.807) is 19.1 Å². The molecule has 0 spiro atoms. The van der Waals surface area contributed by atoms with Crippen LogP contribution in [0.1, 0.15) is 25.8 Å². The molecule has 0 aliphatic heterocycles. The van der Waals surface area contributed by atoms with Gasteiger partial charge in [-0.15, -0.1) is 0 Å². The Bertz CT molecular complexity index is 472.